The Bertz CT molecular complexity index is 655. The van der Waals surface area contributed by atoms with Crippen LogP contribution in [0.2, 0.25) is 0 Å². The molecule has 0 fully saturated rings. The van der Waals surface area contributed by atoms with Crippen LogP contribution in [0.5, 0.6) is 0 Å². The first-order chi connectivity index (χ1) is 9.70. The van der Waals surface area contributed by atoms with Gasteiger partial charge in [0, 0.05) is 18.7 Å². The van der Waals surface area contributed by atoms with Crippen molar-refractivity contribution in [3.8, 4) is 0 Å². The van der Waals surface area contributed by atoms with Gasteiger partial charge in [-0.3, -0.25) is 9.59 Å². The molecule has 0 aliphatic rings. The minimum atomic E-state index is -3.86. The number of aliphatic carboxylic acids is 1. The summed E-state index contributed by atoms with van der Waals surface area (Å²) >= 11 is 0. The normalized spacial score (nSPS) is 11.6. The van der Waals surface area contributed by atoms with Crippen molar-refractivity contribution in [2.75, 3.05) is 13.1 Å². The Balaban J connectivity index is 3.19. The molecule has 1 aromatic carbocycles. The molecule has 0 unspecified atom stereocenters. The van der Waals surface area contributed by atoms with Crippen LogP contribution in [0.1, 0.15) is 29.3 Å². The van der Waals surface area contributed by atoms with Crippen LogP contribution in [0.3, 0.4) is 0 Å². The lowest BCUT2D eigenvalue weighted by molar-refractivity contribution is -0.137. The van der Waals surface area contributed by atoms with Gasteiger partial charge in [0.1, 0.15) is 0 Å². The smallest absolute Gasteiger partial charge is 0.304 e. The van der Waals surface area contributed by atoms with Crippen LogP contribution in [0, 0.1) is 6.92 Å². The Labute approximate surface area is 123 Å². The summed E-state index contributed by atoms with van der Waals surface area (Å²) in [5.74, 6) is -1.79. The SMILES string of the molecule is CCN(CCC(=O)O)S(=O)(=O)c1ccc(C)c(C(N)=O)c1. The third-order valence-electron chi connectivity index (χ3n) is 3.04. The number of sulfonamides is 1. The molecule has 0 aromatic heterocycles. The van der Waals surface area contributed by atoms with Gasteiger partial charge < -0.3 is 10.8 Å². The minimum absolute atomic E-state index is 0.0749. The Morgan fingerprint density at radius 1 is 1.33 bits per heavy atom. The molecule has 0 heterocycles. The molecule has 0 saturated heterocycles. The van der Waals surface area contributed by atoms with Crippen LogP contribution in [0.15, 0.2) is 23.1 Å². The molecule has 0 spiro atoms. The van der Waals surface area contributed by atoms with Gasteiger partial charge in [-0.25, -0.2) is 8.42 Å². The van der Waals surface area contributed by atoms with Crippen LogP contribution in [0.4, 0.5) is 0 Å². The van der Waals surface area contributed by atoms with Crippen LogP contribution in [-0.2, 0) is 14.8 Å². The molecule has 0 radical (unpaired) electrons. The quantitative estimate of drug-likeness (QED) is 0.763. The number of nitrogens with two attached hydrogens (primary N) is 1. The van der Waals surface area contributed by atoms with E-state index < -0.39 is 21.9 Å². The van der Waals surface area contributed by atoms with Crippen molar-refractivity contribution in [3.63, 3.8) is 0 Å². The highest BCUT2D eigenvalue weighted by atomic mass is 32.2. The first-order valence-electron chi connectivity index (χ1n) is 6.32. The minimum Gasteiger partial charge on any atom is -0.481 e. The summed E-state index contributed by atoms with van der Waals surface area (Å²) in [7, 11) is -3.86. The van der Waals surface area contributed by atoms with Gasteiger partial charge in [0.2, 0.25) is 15.9 Å². The fourth-order valence-electron chi connectivity index (χ4n) is 1.84. The zero-order valence-electron chi connectivity index (χ0n) is 11.9. The number of primary amides is 1. The van der Waals surface area contributed by atoms with Crippen molar-refractivity contribution >= 4 is 21.9 Å². The second kappa shape index (κ2) is 6.68. The van der Waals surface area contributed by atoms with Gasteiger partial charge in [-0.15, -0.1) is 0 Å². The van der Waals surface area contributed by atoms with Crippen molar-refractivity contribution in [2.24, 2.45) is 5.73 Å². The van der Waals surface area contributed by atoms with E-state index in [1.54, 1.807) is 13.8 Å². The Kier molecular flexibility index (Phi) is 5.45. The zero-order chi connectivity index (χ0) is 16.2. The predicted molar refractivity (Wildman–Crippen MR) is 76.4 cm³/mol. The second-order valence-electron chi connectivity index (χ2n) is 4.48. The molecule has 1 aromatic rings. The third kappa shape index (κ3) is 4.02. The van der Waals surface area contributed by atoms with Crippen molar-refractivity contribution in [3.05, 3.63) is 29.3 Å². The maximum absolute atomic E-state index is 12.4. The van der Waals surface area contributed by atoms with Gasteiger partial charge in [-0.05, 0) is 24.6 Å². The molecule has 7 nitrogen and oxygen atoms in total. The molecule has 8 heteroatoms. The highest BCUT2D eigenvalue weighted by Crippen LogP contribution is 2.19. The van der Waals surface area contributed by atoms with Crippen molar-refractivity contribution < 1.29 is 23.1 Å². The summed E-state index contributed by atoms with van der Waals surface area (Å²) in [4.78, 5) is 21.8. The predicted octanol–water partition coefficient (Wildman–Crippen LogP) is 0.579. The number of hydrogen-bond donors (Lipinski definition) is 2. The zero-order valence-corrected chi connectivity index (χ0v) is 12.7. The number of hydrogen-bond acceptors (Lipinski definition) is 4. The standard InChI is InChI=1S/C13H18N2O5S/c1-3-15(7-6-12(16)17)21(19,20)10-5-4-9(2)11(8-10)13(14)18/h4-5,8H,3,6-7H2,1-2H3,(H2,14,18)(H,16,17). The largest absolute Gasteiger partial charge is 0.481 e. The lowest BCUT2D eigenvalue weighted by Crippen LogP contribution is -2.33. The Hall–Kier alpha value is -1.93. The summed E-state index contributed by atoms with van der Waals surface area (Å²) in [6.45, 7) is 3.27. The number of carbonyl (C=O) groups excluding carboxylic acids is 1. The molecule has 21 heavy (non-hydrogen) atoms. The first-order valence-corrected chi connectivity index (χ1v) is 7.76. The molecule has 0 saturated carbocycles. The molecule has 3 N–H and O–H groups in total. The molecular weight excluding hydrogens is 296 g/mol. The lowest BCUT2D eigenvalue weighted by atomic mass is 10.1. The highest BCUT2D eigenvalue weighted by Gasteiger charge is 2.24. The topological polar surface area (TPSA) is 118 Å². The van der Waals surface area contributed by atoms with Gasteiger partial charge in [-0.2, -0.15) is 4.31 Å². The van der Waals surface area contributed by atoms with Crippen LogP contribution < -0.4 is 5.73 Å². The number of nitrogens with zero attached hydrogens (tertiary/aromatic N) is 1. The molecule has 0 aliphatic heterocycles. The highest BCUT2D eigenvalue weighted by molar-refractivity contribution is 7.89. The molecule has 0 aliphatic carbocycles. The van der Waals surface area contributed by atoms with E-state index in [2.05, 4.69) is 0 Å². The van der Waals surface area contributed by atoms with Crippen molar-refractivity contribution in [1.82, 2.24) is 4.31 Å². The summed E-state index contributed by atoms with van der Waals surface area (Å²) in [5.41, 5.74) is 5.92. The fourth-order valence-corrected chi connectivity index (χ4v) is 3.32. The van der Waals surface area contributed by atoms with E-state index in [0.717, 1.165) is 4.31 Å². The number of amides is 1. The number of rotatable bonds is 7. The number of aryl methyl sites for hydroxylation is 1. The Morgan fingerprint density at radius 2 is 1.95 bits per heavy atom. The second-order valence-corrected chi connectivity index (χ2v) is 6.42. The van der Waals surface area contributed by atoms with E-state index in [9.17, 15) is 18.0 Å². The monoisotopic (exact) mass is 314 g/mol. The maximum atomic E-state index is 12.4. The van der Waals surface area contributed by atoms with Gasteiger partial charge in [0.15, 0.2) is 0 Å². The van der Waals surface area contributed by atoms with Crippen molar-refractivity contribution in [2.45, 2.75) is 25.2 Å². The molecule has 1 amide bonds. The van der Waals surface area contributed by atoms with Gasteiger partial charge in [0.25, 0.3) is 0 Å². The lowest BCUT2D eigenvalue weighted by Gasteiger charge is -2.20. The van der Waals surface area contributed by atoms with Gasteiger partial charge in [0.05, 0.1) is 11.3 Å². The number of carboxylic acid groups (broad SMARTS) is 1. The van der Waals surface area contributed by atoms with Gasteiger partial charge >= 0.3 is 5.97 Å². The summed E-state index contributed by atoms with van der Waals surface area (Å²) in [6.07, 6.45) is -0.290. The van der Waals surface area contributed by atoms with Crippen LogP contribution in [0.25, 0.3) is 0 Å². The number of carboxylic acids is 1. The summed E-state index contributed by atoms with van der Waals surface area (Å²) < 4.78 is 25.9. The molecule has 0 bridgehead atoms. The average Bonchev–Trinajstić information content (AvgIpc) is 2.38. The molecule has 0 atom stereocenters. The first kappa shape index (κ1) is 17.1. The molecular formula is C13H18N2O5S. The van der Waals surface area contributed by atoms with E-state index in [1.807, 2.05) is 0 Å². The molecule has 1 rings (SSSR count). The number of benzene rings is 1. The Morgan fingerprint density at radius 3 is 2.43 bits per heavy atom. The van der Waals surface area contributed by atoms with Crippen LogP contribution in [-0.4, -0.2) is 42.8 Å². The maximum Gasteiger partial charge on any atom is 0.304 e. The van der Waals surface area contributed by atoms with E-state index in [-0.39, 0.29) is 30.0 Å². The van der Waals surface area contributed by atoms with E-state index >= 15 is 0 Å². The van der Waals surface area contributed by atoms with E-state index in [1.165, 1.54) is 18.2 Å². The van der Waals surface area contributed by atoms with Gasteiger partial charge in [-0.1, -0.05) is 13.0 Å². The summed E-state index contributed by atoms with van der Waals surface area (Å²) in [5, 5.41) is 8.66. The van der Waals surface area contributed by atoms with E-state index in [4.69, 9.17) is 10.8 Å². The van der Waals surface area contributed by atoms with Crippen molar-refractivity contribution in [1.29, 1.82) is 0 Å². The fraction of sp³-hybridized carbons (Fsp3) is 0.385. The summed E-state index contributed by atoms with van der Waals surface area (Å²) in [6, 6.07) is 4.09. The average molecular weight is 314 g/mol. The van der Waals surface area contributed by atoms with E-state index in [0.29, 0.717) is 5.56 Å². The molecule has 116 valence electrons. The third-order valence-corrected chi connectivity index (χ3v) is 5.01. The number of carbonyl (C=O) groups is 2. The van der Waals surface area contributed by atoms with Crippen LogP contribution >= 0.6 is 0 Å².